The number of pyridine rings is 1. The van der Waals surface area contributed by atoms with Crippen LogP contribution in [0.5, 0.6) is 0 Å². The Morgan fingerprint density at radius 2 is 1.74 bits per heavy atom. The lowest BCUT2D eigenvalue weighted by atomic mass is 9.86. The molecule has 7 heteroatoms. The molecule has 4 rings (SSSR count). The molecule has 4 N–H and O–H groups in total. The minimum atomic E-state index is 0.436. The number of rotatable bonds is 7. The molecular formula is C24H32Cl2N4O. The zero-order valence-electron chi connectivity index (χ0n) is 17.9. The van der Waals surface area contributed by atoms with Gasteiger partial charge in [-0.05, 0) is 80.7 Å². The summed E-state index contributed by atoms with van der Waals surface area (Å²) in [6, 6.07) is 8.51. The summed E-state index contributed by atoms with van der Waals surface area (Å²) in [7, 11) is 0. The molecule has 0 bridgehead atoms. The Morgan fingerprint density at radius 1 is 0.968 bits per heavy atom. The lowest BCUT2D eigenvalue weighted by Crippen LogP contribution is -2.29. The van der Waals surface area contributed by atoms with E-state index in [0.717, 1.165) is 79.6 Å². The maximum Gasteiger partial charge on any atom is 0.126 e. The van der Waals surface area contributed by atoms with Gasteiger partial charge in [0.05, 0.1) is 15.7 Å². The number of nitrogens with two attached hydrogens (primary N) is 1. The number of benzene rings is 1. The Kier molecular flexibility index (Phi) is 7.94. The van der Waals surface area contributed by atoms with Crippen molar-refractivity contribution in [1.82, 2.24) is 4.98 Å². The van der Waals surface area contributed by atoms with Crippen molar-refractivity contribution in [3.63, 3.8) is 0 Å². The van der Waals surface area contributed by atoms with E-state index in [1.165, 1.54) is 12.8 Å². The van der Waals surface area contributed by atoms with Gasteiger partial charge in [0.15, 0.2) is 0 Å². The Labute approximate surface area is 195 Å². The topological polar surface area (TPSA) is 72.2 Å². The van der Waals surface area contributed by atoms with Crippen LogP contribution in [0.25, 0.3) is 11.1 Å². The summed E-state index contributed by atoms with van der Waals surface area (Å²) in [6.07, 6.45) is 8.51. The van der Waals surface area contributed by atoms with Crippen molar-refractivity contribution in [2.45, 2.75) is 44.6 Å². The van der Waals surface area contributed by atoms with Crippen LogP contribution in [0, 0.1) is 11.8 Å². The lowest BCUT2D eigenvalue weighted by Gasteiger charge is -2.28. The molecule has 1 aliphatic carbocycles. The third-order valence-corrected chi connectivity index (χ3v) is 7.22. The number of aromatic nitrogens is 1. The average Bonchev–Trinajstić information content (AvgIpc) is 2.81. The molecule has 2 fully saturated rings. The van der Waals surface area contributed by atoms with Crippen LogP contribution >= 0.6 is 23.2 Å². The summed E-state index contributed by atoms with van der Waals surface area (Å²) in [5.74, 6) is 2.14. The Hall–Kier alpha value is -1.53. The molecule has 1 aromatic carbocycles. The number of hydrogen-bond acceptors (Lipinski definition) is 5. The van der Waals surface area contributed by atoms with E-state index >= 15 is 0 Å². The van der Waals surface area contributed by atoms with E-state index in [-0.39, 0.29) is 0 Å². The first kappa shape index (κ1) is 22.7. The molecule has 1 aliphatic heterocycles. The molecule has 0 amide bonds. The fourth-order valence-electron chi connectivity index (χ4n) is 4.52. The van der Waals surface area contributed by atoms with E-state index in [4.69, 9.17) is 33.7 Å². The Balaban J connectivity index is 1.46. The summed E-state index contributed by atoms with van der Waals surface area (Å²) in [5.41, 5.74) is 8.75. The van der Waals surface area contributed by atoms with Gasteiger partial charge in [-0.25, -0.2) is 4.98 Å². The second-order valence-corrected chi connectivity index (χ2v) is 9.59. The number of hydrogen-bond donors (Lipinski definition) is 3. The second kappa shape index (κ2) is 10.9. The molecule has 0 atom stereocenters. The highest BCUT2D eigenvalue weighted by atomic mass is 35.5. The first-order valence-electron chi connectivity index (χ1n) is 11.4. The summed E-state index contributed by atoms with van der Waals surface area (Å²) in [4.78, 5) is 4.51. The molecule has 2 heterocycles. The fourth-order valence-corrected chi connectivity index (χ4v) is 4.92. The molecule has 168 valence electrons. The van der Waals surface area contributed by atoms with Gasteiger partial charge in [-0.3, -0.25) is 0 Å². The van der Waals surface area contributed by atoms with Gasteiger partial charge in [0.25, 0.3) is 0 Å². The van der Waals surface area contributed by atoms with Crippen molar-refractivity contribution in [3.8, 4) is 11.1 Å². The zero-order chi connectivity index (χ0) is 21.6. The van der Waals surface area contributed by atoms with Crippen LogP contribution in [0.2, 0.25) is 10.0 Å². The second-order valence-electron chi connectivity index (χ2n) is 8.78. The number of anilines is 2. The van der Waals surface area contributed by atoms with Crippen LogP contribution in [0.4, 0.5) is 11.5 Å². The zero-order valence-corrected chi connectivity index (χ0v) is 19.4. The van der Waals surface area contributed by atoms with Gasteiger partial charge in [0.2, 0.25) is 0 Å². The normalized spacial score (nSPS) is 22.3. The highest BCUT2D eigenvalue weighted by molar-refractivity contribution is 6.34. The largest absolute Gasteiger partial charge is 0.384 e. The predicted molar refractivity (Wildman–Crippen MR) is 130 cm³/mol. The monoisotopic (exact) mass is 462 g/mol. The third kappa shape index (κ3) is 6.04. The van der Waals surface area contributed by atoms with Crippen LogP contribution in [0.15, 0.2) is 30.5 Å². The van der Waals surface area contributed by atoms with Gasteiger partial charge in [0, 0.05) is 37.6 Å². The highest BCUT2D eigenvalue weighted by Gasteiger charge is 2.21. The van der Waals surface area contributed by atoms with Crippen molar-refractivity contribution < 1.29 is 4.74 Å². The van der Waals surface area contributed by atoms with Crippen molar-refractivity contribution in [3.05, 3.63) is 40.5 Å². The van der Waals surface area contributed by atoms with Gasteiger partial charge in [-0.15, -0.1) is 0 Å². The van der Waals surface area contributed by atoms with E-state index < -0.39 is 0 Å². The molecule has 5 nitrogen and oxygen atoms in total. The maximum atomic E-state index is 6.53. The maximum absolute atomic E-state index is 6.53. The third-order valence-electron chi connectivity index (χ3n) is 6.59. The molecule has 2 aromatic rings. The van der Waals surface area contributed by atoms with Crippen LogP contribution in [-0.2, 0) is 4.74 Å². The molecular weight excluding hydrogens is 431 g/mol. The summed E-state index contributed by atoms with van der Waals surface area (Å²) < 4.78 is 5.46. The van der Waals surface area contributed by atoms with Crippen LogP contribution in [0.1, 0.15) is 38.5 Å². The average molecular weight is 463 g/mol. The van der Waals surface area contributed by atoms with Crippen molar-refractivity contribution >= 4 is 34.7 Å². The van der Waals surface area contributed by atoms with E-state index in [1.54, 1.807) is 6.20 Å². The molecule has 31 heavy (non-hydrogen) atoms. The molecule has 0 unspecified atom stereocenters. The molecule has 1 aromatic heterocycles. The SMILES string of the molecule is NCC1CCC(Nc2cc(-c3ccc(Cl)c(NCC4CCOCC4)c3)c(Cl)cn2)CC1. The minimum absolute atomic E-state index is 0.436. The first-order chi connectivity index (χ1) is 15.1. The standard InChI is InChI=1S/C24H32Cl2N4O/c25-21-6-3-18(11-23(21)28-14-17-7-9-31-10-8-17)20-12-24(29-15-22(20)26)30-19-4-1-16(13-27)2-5-19/h3,6,11-12,15-17,19,28H,1-2,4-5,7-10,13-14,27H2,(H,29,30). The van der Waals surface area contributed by atoms with E-state index in [1.807, 2.05) is 18.2 Å². The van der Waals surface area contributed by atoms with Gasteiger partial charge in [0.1, 0.15) is 5.82 Å². The van der Waals surface area contributed by atoms with E-state index in [0.29, 0.717) is 22.9 Å². The van der Waals surface area contributed by atoms with Gasteiger partial charge >= 0.3 is 0 Å². The van der Waals surface area contributed by atoms with Crippen LogP contribution in [0.3, 0.4) is 0 Å². The van der Waals surface area contributed by atoms with Crippen LogP contribution < -0.4 is 16.4 Å². The highest BCUT2D eigenvalue weighted by Crippen LogP contribution is 2.35. The van der Waals surface area contributed by atoms with E-state index in [2.05, 4.69) is 21.7 Å². The van der Waals surface area contributed by atoms with Crippen molar-refractivity contribution in [2.24, 2.45) is 17.6 Å². The Bertz CT molecular complexity index is 865. The number of halogens is 2. The quantitative estimate of drug-likeness (QED) is 0.482. The molecule has 2 aliphatic rings. The molecule has 1 saturated heterocycles. The molecule has 0 spiro atoms. The predicted octanol–water partition coefficient (Wildman–Crippen LogP) is 5.82. The molecule has 1 saturated carbocycles. The smallest absolute Gasteiger partial charge is 0.126 e. The number of ether oxygens (including phenoxy) is 1. The minimum Gasteiger partial charge on any atom is -0.384 e. The van der Waals surface area contributed by atoms with Gasteiger partial charge < -0.3 is 21.1 Å². The van der Waals surface area contributed by atoms with E-state index in [9.17, 15) is 0 Å². The summed E-state index contributed by atoms with van der Waals surface area (Å²) in [6.45, 7) is 3.37. The number of nitrogens with zero attached hydrogens (tertiary/aromatic N) is 1. The van der Waals surface area contributed by atoms with Crippen LogP contribution in [-0.4, -0.2) is 37.3 Å². The first-order valence-corrected chi connectivity index (χ1v) is 12.1. The van der Waals surface area contributed by atoms with Gasteiger partial charge in [-0.2, -0.15) is 0 Å². The number of nitrogens with one attached hydrogen (secondary N) is 2. The van der Waals surface area contributed by atoms with Crippen molar-refractivity contribution in [2.75, 3.05) is 36.9 Å². The van der Waals surface area contributed by atoms with Crippen molar-refractivity contribution in [1.29, 1.82) is 0 Å². The molecule has 0 radical (unpaired) electrons. The van der Waals surface area contributed by atoms with Gasteiger partial charge in [-0.1, -0.05) is 29.3 Å². The summed E-state index contributed by atoms with van der Waals surface area (Å²) >= 11 is 13.0. The Morgan fingerprint density at radius 3 is 2.48 bits per heavy atom. The lowest BCUT2D eigenvalue weighted by molar-refractivity contribution is 0.0699. The fraction of sp³-hybridized carbons (Fsp3) is 0.542. The summed E-state index contributed by atoms with van der Waals surface area (Å²) in [5, 5.41) is 8.48.